The predicted molar refractivity (Wildman–Crippen MR) is 81.7 cm³/mol. The molecule has 0 saturated carbocycles. The zero-order chi connectivity index (χ0) is 14.8. The van der Waals surface area contributed by atoms with Crippen molar-refractivity contribution in [2.75, 3.05) is 4.72 Å². The predicted octanol–water partition coefficient (Wildman–Crippen LogP) is 1.53. The number of thiol groups is 1. The summed E-state index contributed by atoms with van der Waals surface area (Å²) in [6.07, 6.45) is 1.60. The van der Waals surface area contributed by atoms with Gasteiger partial charge in [0.25, 0.3) is 0 Å². The molecule has 2 N–H and O–H groups in total. The molecule has 2 aromatic heterocycles. The minimum absolute atomic E-state index is 0.217. The molecule has 106 valence electrons. The maximum absolute atomic E-state index is 11.3. The van der Waals surface area contributed by atoms with E-state index in [4.69, 9.17) is 0 Å². The maximum Gasteiger partial charge on any atom is 0.249 e. The molecule has 0 aliphatic carbocycles. The van der Waals surface area contributed by atoms with Crippen LogP contribution in [0, 0.1) is 0 Å². The Morgan fingerprint density at radius 2 is 1.95 bits per heavy atom. The molecule has 0 atom stereocenters. The van der Waals surface area contributed by atoms with Crippen molar-refractivity contribution in [2.24, 2.45) is 0 Å². The van der Waals surface area contributed by atoms with E-state index < -0.39 is 10.9 Å². The normalized spacial score (nSPS) is 10.9. The van der Waals surface area contributed by atoms with Gasteiger partial charge in [-0.25, -0.2) is 13.4 Å². The summed E-state index contributed by atoms with van der Waals surface area (Å²) < 4.78 is 23.8. The lowest BCUT2D eigenvalue weighted by Gasteiger charge is -2.07. The smallest absolute Gasteiger partial charge is 0.249 e. The molecule has 7 heteroatoms. The SMILES string of the molecule is O=c1ccc2c(-c3cccc(N[SH](=O)=O)c3)ccnc2[nH]1. The maximum atomic E-state index is 11.3. The summed E-state index contributed by atoms with van der Waals surface area (Å²) in [6, 6.07) is 12.0. The molecule has 21 heavy (non-hydrogen) atoms. The van der Waals surface area contributed by atoms with Crippen molar-refractivity contribution in [3.05, 3.63) is 59.0 Å². The molecule has 0 amide bonds. The number of hydrogen-bond acceptors (Lipinski definition) is 4. The van der Waals surface area contributed by atoms with Crippen molar-refractivity contribution in [3.63, 3.8) is 0 Å². The molecule has 0 spiro atoms. The topological polar surface area (TPSA) is 91.9 Å². The molecule has 0 fully saturated rings. The molecule has 0 radical (unpaired) electrons. The lowest BCUT2D eigenvalue weighted by Crippen LogP contribution is -2.03. The van der Waals surface area contributed by atoms with Gasteiger partial charge in [-0.2, -0.15) is 0 Å². The van der Waals surface area contributed by atoms with E-state index >= 15 is 0 Å². The fraction of sp³-hybridized carbons (Fsp3) is 0. The molecular weight excluding hydrogens is 290 g/mol. The Bertz CT molecular complexity index is 939. The molecule has 0 bridgehead atoms. The van der Waals surface area contributed by atoms with Gasteiger partial charge in [0.1, 0.15) is 5.65 Å². The Kier molecular flexibility index (Phi) is 3.41. The number of nitrogens with zero attached hydrogens (tertiary/aromatic N) is 1. The number of aromatic nitrogens is 2. The fourth-order valence-electron chi connectivity index (χ4n) is 2.17. The number of rotatable bonds is 3. The third-order valence-corrected chi connectivity index (χ3v) is 3.47. The zero-order valence-corrected chi connectivity index (χ0v) is 11.6. The summed E-state index contributed by atoms with van der Waals surface area (Å²) in [5.74, 6) is 0. The Morgan fingerprint density at radius 1 is 1.10 bits per heavy atom. The average Bonchev–Trinajstić information content (AvgIpc) is 2.46. The first-order valence-electron chi connectivity index (χ1n) is 6.13. The molecule has 0 unspecified atom stereocenters. The Labute approximate surface area is 121 Å². The largest absolute Gasteiger partial charge is 0.307 e. The van der Waals surface area contributed by atoms with Gasteiger partial charge in [0.05, 0.1) is 0 Å². The summed E-state index contributed by atoms with van der Waals surface area (Å²) in [5, 5.41) is 0.792. The highest BCUT2D eigenvalue weighted by Crippen LogP contribution is 2.27. The van der Waals surface area contributed by atoms with Crippen LogP contribution in [-0.2, 0) is 10.9 Å². The van der Waals surface area contributed by atoms with Crippen LogP contribution in [0.5, 0.6) is 0 Å². The second-order valence-corrected chi connectivity index (χ2v) is 5.13. The minimum Gasteiger partial charge on any atom is -0.307 e. The van der Waals surface area contributed by atoms with Gasteiger partial charge in [-0.05, 0) is 35.4 Å². The number of pyridine rings is 2. The zero-order valence-electron chi connectivity index (χ0n) is 10.7. The third kappa shape index (κ3) is 2.77. The van der Waals surface area contributed by atoms with Gasteiger partial charge in [0.2, 0.25) is 16.4 Å². The van der Waals surface area contributed by atoms with Crippen LogP contribution in [0.25, 0.3) is 22.2 Å². The molecule has 0 aliphatic heterocycles. The minimum atomic E-state index is -2.71. The van der Waals surface area contributed by atoms with E-state index in [1.54, 1.807) is 30.5 Å². The van der Waals surface area contributed by atoms with Crippen LogP contribution >= 0.6 is 0 Å². The molecule has 1 aromatic carbocycles. The summed E-state index contributed by atoms with van der Waals surface area (Å²) in [4.78, 5) is 18.1. The first-order valence-corrected chi connectivity index (χ1v) is 7.31. The number of hydrogen-bond donors (Lipinski definition) is 3. The van der Waals surface area contributed by atoms with Gasteiger partial charge in [-0.1, -0.05) is 12.1 Å². The van der Waals surface area contributed by atoms with Crippen molar-refractivity contribution in [1.29, 1.82) is 0 Å². The van der Waals surface area contributed by atoms with Crippen molar-refractivity contribution in [3.8, 4) is 11.1 Å². The molecule has 3 aromatic rings. The quantitative estimate of drug-likeness (QED) is 0.640. The van der Waals surface area contributed by atoms with E-state index in [0.29, 0.717) is 11.3 Å². The number of benzene rings is 1. The summed E-state index contributed by atoms with van der Waals surface area (Å²) in [5.41, 5.74) is 2.45. The van der Waals surface area contributed by atoms with E-state index in [1.165, 1.54) is 6.07 Å². The van der Waals surface area contributed by atoms with E-state index in [0.717, 1.165) is 16.5 Å². The van der Waals surface area contributed by atoms with Crippen molar-refractivity contribution in [1.82, 2.24) is 9.97 Å². The lowest BCUT2D eigenvalue weighted by atomic mass is 10.0. The molecule has 6 nitrogen and oxygen atoms in total. The van der Waals surface area contributed by atoms with Crippen LogP contribution in [0.4, 0.5) is 5.69 Å². The van der Waals surface area contributed by atoms with Crippen molar-refractivity contribution < 1.29 is 8.42 Å². The van der Waals surface area contributed by atoms with E-state index in [-0.39, 0.29) is 5.56 Å². The van der Waals surface area contributed by atoms with Gasteiger partial charge in [-0.15, -0.1) is 0 Å². The highest BCUT2D eigenvalue weighted by Gasteiger charge is 2.06. The van der Waals surface area contributed by atoms with Crippen molar-refractivity contribution in [2.45, 2.75) is 0 Å². The number of anilines is 1. The Morgan fingerprint density at radius 3 is 2.76 bits per heavy atom. The van der Waals surface area contributed by atoms with Crippen LogP contribution in [-0.4, -0.2) is 18.4 Å². The van der Waals surface area contributed by atoms with Gasteiger partial charge in [0.15, 0.2) is 0 Å². The highest BCUT2D eigenvalue weighted by molar-refractivity contribution is 7.73. The van der Waals surface area contributed by atoms with E-state index in [9.17, 15) is 13.2 Å². The van der Waals surface area contributed by atoms with Crippen LogP contribution < -0.4 is 10.3 Å². The molecule has 2 heterocycles. The van der Waals surface area contributed by atoms with Gasteiger partial charge >= 0.3 is 0 Å². The van der Waals surface area contributed by atoms with E-state index in [2.05, 4.69) is 14.7 Å². The summed E-state index contributed by atoms with van der Waals surface area (Å²) >= 11 is 0. The third-order valence-electron chi connectivity index (χ3n) is 3.03. The summed E-state index contributed by atoms with van der Waals surface area (Å²) in [7, 11) is -2.71. The van der Waals surface area contributed by atoms with Crippen LogP contribution in [0.1, 0.15) is 0 Å². The lowest BCUT2D eigenvalue weighted by molar-refractivity contribution is 0.619. The van der Waals surface area contributed by atoms with Gasteiger partial charge in [-0.3, -0.25) is 9.52 Å². The van der Waals surface area contributed by atoms with Gasteiger partial charge < -0.3 is 4.98 Å². The summed E-state index contributed by atoms with van der Waals surface area (Å²) in [6.45, 7) is 0. The highest BCUT2D eigenvalue weighted by atomic mass is 32.2. The monoisotopic (exact) mass is 301 g/mol. The Hall–Kier alpha value is -2.67. The van der Waals surface area contributed by atoms with Crippen LogP contribution in [0.2, 0.25) is 0 Å². The first-order chi connectivity index (χ1) is 10.1. The number of nitrogens with one attached hydrogen (secondary N) is 2. The number of aromatic amines is 1. The van der Waals surface area contributed by atoms with Gasteiger partial charge in [0, 0.05) is 23.3 Å². The number of fused-ring (bicyclic) bond motifs is 1. The second-order valence-electron chi connectivity index (χ2n) is 4.39. The Balaban J connectivity index is 2.18. The molecule has 0 aliphatic rings. The van der Waals surface area contributed by atoms with E-state index in [1.807, 2.05) is 12.1 Å². The molecular formula is C14H11N3O3S. The average molecular weight is 301 g/mol. The van der Waals surface area contributed by atoms with Crippen molar-refractivity contribution >= 4 is 27.6 Å². The standard InChI is InChI=1S/C14H11N3O3S/c18-13-5-4-12-11(6-7-15-14(12)16-13)9-2-1-3-10(8-9)17-21(19)20/h1-8,21H,(H,15,16,18)(H,17,19,20). The molecule has 0 saturated heterocycles. The van der Waals surface area contributed by atoms with Crippen LogP contribution in [0.3, 0.4) is 0 Å². The molecule has 3 rings (SSSR count). The van der Waals surface area contributed by atoms with Crippen LogP contribution in [0.15, 0.2) is 53.5 Å². The first kappa shape index (κ1) is 13.3. The second kappa shape index (κ2) is 5.37. The number of H-pyrrole nitrogens is 1. The fourth-order valence-corrected chi connectivity index (χ4v) is 2.52.